The Kier molecular flexibility index (Phi) is 4.85. The van der Waals surface area contributed by atoms with Gasteiger partial charge in [-0.15, -0.1) is 0 Å². The average Bonchev–Trinajstić information content (AvgIpc) is 3.42. The van der Waals surface area contributed by atoms with Gasteiger partial charge in [0.2, 0.25) is 0 Å². The first kappa shape index (κ1) is 18.4. The monoisotopic (exact) mass is 375 g/mol. The van der Waals surface area contributed by atoms with Crippen LogP contribution in [0.4, 0.5) is 20.2 Å². The highest BCUT2D eigenvalue weighted by molar-refractivity contribution is 6.08. The van der Waals surface area contributed by atoms with Gasteiger partial charge >= 0.3 is 0 Å². The number of nitrogens with zero attached hydrogens (tertiary/aromatic N) is 1. The fourth-order valence-electron chi connectivity index (χ4n) is 2.45. The van der Waals surface area contributed by atoms with E-state index in [1.54, 1.807) is 19.1 Å². The van der Waals surface area contributed by atoms with Crippen molar-refractivity contribution in [2.75, 3.05) is 5.32 Å². The van der Waals surface area contributed by atoms with Crippen LogP contribution in [0.5, 0.6) is 0 Å². The van der Waals surface area contributed by atoms with Crippen LogP contribution >= 0.6 is 0 Å². The number of benzene rings is 2. The smallest absolute Gasteiger partial charge is 0.285 e. The molecule has 7 nitrogen and oxygen atoms in total. The highest BCUT2D eigenvalue weighted by atomic mass is 19.2. The minimum atomic E-state index is -1.42. The van der Waals surface area contributed by atoms with Gasteiger partial charge in [0.25, 0.3) is 17.5 Å². The van der Waals surface area contributed by atoms with E-state index in [1.807, 2.05) is 0 Å². The van der Waals surface area contributed by atoms with Gasteiger partial charge in [-0.3, -0.25) is 19.7 Å². The van der Waals surface area contributed by atoms with Gasteiger partial charge < -0.3 is 10.6 Å². The number of nitro benzene ring substituents is 1. The van der Waals surface area contributed by atoms with Crippen molar-refractivity contribution in [3.8, 4) is 0 Å². The van der Waals surface area contributed by atoms with Crippen LogP contribution in [0.15, 0.2) is 30.3 Å². The van der Waals surface area contributed by atoms with Crippen LogP contribution < -0.4 is 10.6 Å². The molecular formula is C18H15F2N3O4. The summed E-state index contributed by atoms with van der Waals surface area (Å²) in [5, 5.41) is 16.3. The molecule has 1 fully saturated rings. The van der Waals surface area contributed by atoms with E-state index in [9.17, 15) is 28.5 Å². The van der Waals surface area contributed by atoms with Gasteiger partial charge in [0.1, 0.15) is 5.56 Å². The average molecular weight is 375 g/mol. The van der Waals surface area contributed by atoms with Crippen molar-refractivity contribution in [1.82, 2.24) is 5.32 Å². The third kappa shape index (κ3) is 4.08. The molecule has 0 aliphatic heterocycles. The molecule has 27 heavy (non-hydrogen) atoms. The second-order valence-corrected chi connectivity index (χ2v) is 6.27. The van der Waals surface area contributed by atoms with E-state index in [0.717, 1.165) is 12.8 Å². The molecule has 0 saturated heterocycles. The Labute approximate surface area is 152 Å². The molecule has 9 heteroatoms. The molecule has 0 spiro atoms. The quantitative estimate of drug-likeness (QED) is 0.618. The third-order valence-electron chi connectivity index (χ3n) is 4.14. The molecule has 0 atom stereocenters. The molecule has 0 unspecified atom stereocenters. The van der Waals surface area contributed by atoms with E-state index in [0.29, 0.717) is 23.3 Å². The zero-order valence-electron chi connectivity index (χ0n) is 14.2. The van der Waals surface area contributed by atoms with Crippen LogP contribution in [0, 0.1) is 28.7 Å². The number of carbonyl (C=O) groups is 2. The zero-order valence-corrected chi connectivity index (χ0v) is 14.2. The number of anilines is 1. The van der Waals surface area contributed by atoms with E-state index in [4.69, 9.17) is 0 Å². The molecule has 2 amide bonds. The fraction of sp³-hybridized carbons (Fsp3) is 0.222. The summed E-state index contributed by atoms with van der Waals surface area (Å²) < 4.78 is 26.7. The molecule has 0 heterocycles. The highest BCUT2D eigenvalue weighted by Gasteiger charge is 2.26. The van der Waals surface area contributed by atoms with Gasteiger partial charge in [-0.2, -0.15) is 0 Å². The lowest BCUT2D eigenvalue weighted by Crippen LogP contribution is -2.25. The number of halogens is 2. The first-order valence-electron chi connectivity index (χ1n) is 8.12. The van der Waals surface area contributed by atoms with Crippen molar-refractivity contribution < 1.29 is 23.3 Å². The lowest BCUT2D eigenvalue weighted by atomic mass is 10.1. The number of hydrogen-bond acceptors (Lipinski definition) is 4. The highest BCUT2D eigenvalue weighted by Crippen LogP contribution is 2.25. The van der Waals surface area contributed by atoms with E-state index >= 15 is 0 Å². The van der Waals surface area contributed by atoms with Gasteiger partial charge in [-0.05, 0) is 43.5 Å². The molecular weight excluding hydrogens is 360 g/mol. The van der Waals surface area contributed by atoms with Gasteiger partial charge in [0.15, 0.2) is 11.6 Å². The summed E-state index contributed by atoms with van der Waals surface area (Å²) in [7, 11) is 0. The number of carbonyl (C=O) groups excluding carboxylic acids is 2. The molecule has 1 aliphatic carbocycles. The second kappa shape index (κ2) is 7.10. The first-order valence-corrected chi connectivity index (χ1v) is 8.12. The summed E-state index contributed by atoms with van der Waals surface area (Å²) in [6.45, 7) is 1.66. The Bertz CT molecular complexity index is 958. The van der Waals surface area contributed by atoms with E-state index < -0.39 is 33.7 Å². The lowest BCUT2D eigenvalue weighted by molar-refractivity contribution is -0.385. The van der Waals surface area contributed by atoms with Gasteiger partial charge in [-0.1, -0.05) is 6.07 Å². The molecule has 2 N–H and O–H groups in total. The summed E-state index contributed by atoms with van der Waals surface area (Å²) >= 11 is 0. The zero-order chi connectivity index (χ0) is 19.7. The van der Waals surface area contributed by atoms with Gasteiger partial charge in [-0.25, -0.2) is 8.78 Å². The summed E-state index contributed by atoms with van der Waals surface area (Å²) in [6.07, 6.45) is 1.84. The van der Waals surface area contributed by atoms with Crippen LogP contribution in [0.1, 0.15) is 39.1 Å². The first-order chi connectivity index (χ1) is 12.8. The topological polar surface area (TPSA) is 101 Å². The second-order valence-electron chi connectivity index (χ2n) is 6.27. The number of amides is 2. The number of nitrogens with one attached hydrogen (secondary N) is 2. The molecule has 0 aromatic heterocycles. The third-order valence-corrected chi connectivity index (χ3v) is 4.14. The molecule has 2 aromatic rings. The lowest BCUT2D eigenvalue weighted by Gasteiger charge is -2.11. The molecule has 1 aliphatic rings. The molecule has 3 rings (SSSR count). The minimum absolute atomic E-state index is 0.154. The maximum atomic E-state index is 13.5. The van der Waals surface area contributed by atoms with E-state index in [1.165, 1.54) is 6.07 Å². The van der Waals surface area contributed by atoms with Crippen LogP contribution in [-0.4, -0.2) is 22.8 Å². The summed E-state index contributed by atoms with van der Waals surface area (Å²) in [4.78, 5) is 34.6. The maximum Gasteiger partial charge on any atom is 0.285 e. The SMILES string of the molecule is Cc1ccc(C(=O)NC2CC2)cc1NC(=O)c1cc(F)c(F)cc1[N+](=O)[O-]. The van der Waals surface area contributed by atoms with Crippen molar-refractivity contribution in [3.63, 3.8) is 0 Å². The molecule has 1 saturated carbocycles. The Morgan fingerprint density at radius 3 is 2.41 bits per heavy atom. The number of hydrogen-bond donors (Lipinski definition) is 2. The van der Waals surface area contributed by atoms with Crippen molar-refractivity contribution in [2.24, 2.45) is 0 Å². The number of aryl methyl sites for hydroxylation is 1. The Morgan fingerprint density at radius 2 is 1.78 bits per heavy atom. The van der Waals surface area contributed by atoms with Crippen LogP contribution in [0.25, 0.3) is 0 Å². The van der Waals surface area contributed by atoms with E-state index in [-0.39, 0.29) is 17.6 Å². The summed E-state index contributed by atoms with van der Waals surface area (Å²) in [5.74, 6) is -4.08. The molecule has 0 bridgehead atoms. The summed E-state index contributed by atoms with van der Waals surface area (Å²) in [5.41, 5.74) is -0.334. The van der Waals surface area contributed by atoms with Gasteiger partial charge in [0.05, 0.1) is 11.0 Å². The van der Waals surface area contributed by atoms with Crippen LogP contribution in [-0.2, 0) is 0 Å². The largest absolute Gasteiger partial charge is 0.349 e. The normalized spacial score (nSPS) is 13.1. The molecule has 140 valence electrons. The summed E-state index contributed by atoms with van der Waals surface area (Å²) in [6, 6.07) is 5.61. The van der Waals surface area contributed by atoms with Crippen LogP contribution in [0.2, 0.25) is 0 Å². The number of rotatable bonds is 5. The fourth-order valence-corrected chi connectivity index (χ4v) is 2.45. The van der Waals surface area contributed by atoms with Crippen LogP contribution in [0.3, 0.4) is 0 Å². The Balaban J connectivity index is 1.88. The minimum Gasteiger partial charge on any atom is -0.349 e. The number of nitro groups is 1. The van der Waals surface area contributed by atoms with E-state index in [2.05, 4.69) is 10.6 Å². The Hall–Kier alpha value is -3.36. The van der Waals surface area contributed by atoms with Crippen molar-refractivity contribution >= 4 is 23.2 Å². The van der Waals surface area contributed by atoms with Gasteiger partial charge in [0, 0.05) is 17.3 Å². The molecule has 2 aromatic carbocycles. The van der Waals surface area contributed by atoms with Crippen molar-refractivity contribution in [1.29, 1.82) is 0 Å². The standard InChI is InChI=1S/C18H15F2N3O4/c1-9-2-3-10(17(24)21-11-4-5-11)6-15(9)22-18(25)12-7-13(19)14(20)8-16(12)23(26)27/h2-3,6-8,11H,4-5H2,1H3,(H,21,24)(H,22,25). The predicted octanol–water partition coefficient (Wildman–Crippen LogP) is 3.33. The predicted molar refractivity (Wildman–Crippen MR) is 92.6 cm³/mol. The van der Waals surface area contributed by atoms with Crippen molar-refractivity contribution in [2.45, 2.75) is 25.8 Å². The molecule has 0 radical (unpaired) electrons. The Morgan fingerprint density at radius 1 is 1.11 bits per heavy atom. The maximum absolute atomic E-state index is 13.5. The van der Waals surface area contributed by atoms with Crippen molar-refractivity contribution in [3.05, 3.63) is 68.8 Å².